The minimum Gasteiger partial charge on any atom is -0.384 e. The largest absolute Gasteiger partial charge is 0.384 e. The number of unbranched alkanes of at least 4 members (excludes halogenated alkanes) is 1. The van der Waals surface area contributed by atoms with Crippen molar-refractivity contribution in [3.8, 4) is 24.7 Å². The molecule has 0 saturated carbocycles. The summed E-state index contributed by atoms with van der Waals surface area (Å²) in [6.07, 6.45) is 12.9. The SMILES string of the molecule is C#CCCCC(O)(CC#C)c1ccccc1. The van der Waals surface area contributed by atoms with Gasteiger partial charge in [0, 0.05) is 12.8 Å². The van der Waals surface area contributed by atoms with Crippen molar-refractivity contribution in [2.75, 3.05) is 0 Å². The zero-order chi connectivity index (χ0) is 11.9. The van der Waals surface area contributed by atoms with Gasteiger partial charge in [0.2, 0.25) is 0 Å². The lowest BCUT2D eigenvalue weighted by molar-refractivity contribution is 0.0310. The van der Waals surface area contributed by atoms with Crippen LogP contribution in [0.2, 0.25) is 0 Å². The zero-order valence-electron chi connectivity index (χ0n) is 9.32. The molecule has 0 aromatic heterocycles. The van der Waals surface area contributed by atoms with Crippen LogP contribution in [0.15, 0.2) is 30.3 Å². The van der Waals surface area contributed by atoms with Crippen LogP contribution in [-0.2, 0) is 5.60 Å². The summed E-state index contributed by atoms with van der Waals surface area (Å²) in [6, 6.07) is 9.51. The Labute approximate surface area is 97.5 Å². The third-order valence-corrected chi connectivity index (χ3v) is 2.62. The molecule has 1 aromatic rings. The van der Waals surface area contributed by atoms with Crippen LogP contribution in [0.4, 0.5) is 0 Å². The number of rotatable bonds is 5. The van der Waals surface area contributed by atoms with Crippen LogP contribution in [0, 0.1) is 24.7 Å². The van der Waals surface area contributed by atoms with Gasteiger partial charge in [0.05, 0.1) is 0 Å². The summed E-state index contributed by atoms with van der Waals surface area (Å²) in [7, 11) is 0. The van der Waals surface area contributed by atoms with E-state index >= 15 is 0 Å². The van der Waals surface area contributed by atoms with Gasteiger partial charge in [0.1, 0.15) is 5.60 Å². The highest BCUT2D eigenvalue weighted by Gasteiger charge is 2.27. The van der Waals surface area contributed by atoms with Crippen molar-refractivity contribution in [2.24, 2.45) is 0 Å². The van der Waals surface area contributed by atoms with Crippen LogP contribution < -0.4 is 0 Å². The van der Waals surface area contributed by atoms with E-state index < -0.39 is 5.60 Å². The highest BCUT2D eigenvalue weighted by atomic mass is 16.3. The van der Waals surface area contributed by atoms with Crippen LogP contribution in [0.25, 0.3) is 0 Å². The van der Waals surface area contributed by atoms with Gasteiger partial charge in [-0.2, -0.15) is 0 Å². The first-order valence-electron chi connectivity index (χ1n) is 5.38. The molecule has 0 heterocycles. The summed E-state index contributed by atoms with van der Waals surface area (Å²) < 4.78 is 0. The third-order valence-electron chi connectivity index (χ3n) is 2.62. The van der Waals surface area contributed by atoms with Crippen LogP contribution in [0.1, 0.15) is 31.2 Å². The maximum absolute atomic E-state index is 10.5. The Morgan fingerprint density at radius 2 is 1.81 bits per heavy atom. The molecule has 1 unspecified atom stereocenters. The van der Waals surface area contributed by atoms with Gasteiger partial charge in [-0.15, -0.1) is 24.7 Å². The first kappa shape index (κ1) is 12.4. The molecule has 1 rings (SSSR count). The Hall–Kier alpha value is -1.70. The van der Waals surface area contributed by atoms with Gasteiger partial charge in [-0.1, -0.05) is 30.3 Å². The molecule has 0 aliphatic carbocycles. The summed E-state index contributed by atoms with van der Waals surface area (Å²) >= 11 is 0. The van der Waals surface area contributed by atoms with Crippen molar-refractivity contribution >= 4 is 0 Å². The predicted octanol–water partition coefficient (Wildman–Crippen LogP) is 2.70. The zero-order valence-corrected chi connectivity index (χ0v) is 9.32. The summed E-state index contributed by atoms with van der Waals surface area (Å²) in [5.74, 6) is 5.10. The normalized spacial score (nSPS) is 13.4. The van der Waals surface area contributed by atoms with E-state index in [0.717, 1.165) is 12.0 Å². The minimum atomic E-state index is -0.938. The Morgan fingerprint density at radius 1 is 1.12 bits per heavy atom. The molecule has 82 valence electrons. The quantitative estimate of drug-likeness (QED) is 0.587. The highest BCUT2D eigenvalue weighted by Crippen LogP contribution is 2.30. The van der Waals surface area contributed by atoms with Gasteiger partial charge in [0.15, 0.2) is 0 Å². The smallest absolute Gasteiger partial charge is 0.101 e. The summed E-state index contributed by atoms with van der Waals surface area (Å²) in [5.41, 5.74) is -0.0719. The number of hydrogen-bond donors (Lipinski definition) is 1. The molecule has 1 nitrogen and oxygen atoms in total. The fourth-order valence-corrected chi connectivity index (χ4v) is 1.73. The minimum absolute atomic E-state index is 0.321. The molecule has 1 aromatic carbocycles. The van der Waals surface area contributed by atoms with Crippen molar-refractivity contribution in [3.63, 3.8) is 0 Å². The monoisotopic (exact) mass is 212 g/mol. The number of aliphatic hydroxyl groups is 1. The second-order valence-corrected chi connectivity index (χ2v) is 3.84. The predicted molar refractivity (Wildman–Crippen MR) is 66.5 cm³/mol. The molecule has 1 atom stereocenters. The van der Waals surface area contributed by atoms with Crippen LogP contribution in [0.5, 0.6) is 0 Å². The van der Waals surface area contributed by atoms with Crippen LogP contribution in [0.3, 0.4) is 0 Å². The number of hydrogen-bond acceptors (Lipinski definition) is 1. The summed E-state index contributed by atoms with van der Waals surface area (Å²) in [4.78, 5) is 0. The van der Waals surface area contributed by atoms with E-state index in [4.69, 9.17) is 12.8 Å². The lowest BCUT2D eigenvalue weighted by Gasteiger charge is -2.26. The molecular weight excluding hydrogens is 196 g/mol. The Bertz CT molecular complexity index is 394. The van der Waals surface area contributed by atoms with Crippen molar-refractivity contribution < 1.29 is 5.11 Å². The molecular formula is C15H16O. The first-order valence-corrected chi connectivity index (χ1v) is 5.38. The van der Waals surface area contributed by atoms with E-state index in [9.17, 15) is 5.11 Å². The van der Waals surface area contributed by atoms with E-state index in [-0.39, 0.29) is 0 Å². The molecule has 1 heteroatoms. The molecule has 0 aliphatic rings. The molecule has 0 aliphatic heterocycles. The maximum Gasteiger partial charge on any atom is 0.101 e. The Morgan fingerprint density at radius 3 is 2.38 bits per heavy atom. The topological polar surface area (TPSA) is 20.2 Å². The molecule has 1 N–H and O–H groups in total. The summed E-state index contributed by atoms with van der Waals surface area (Å²) in [5, 5.41) is 10.5. The second kappa shape index (κ2) is 6.01. The molecule has 0 saturated heterocycles. The van der Waals surface area contributed by atoms with E-state index in [1.54, 1.807) is 0 Å². The molecule has 0 bridgehead atoms. The van der Waals surface area contributed by atoms with E-state index in [1.807, 2.05) is 30.3 Å². The van der Waals surface area contributed by atoms with Gasteiger partial charge in [0.25, 0.3) is 0 Å². The Kier molecular flexibility index (Phi) is 4.65. The van der Waals surface area contributed by atoms with Crippen molar-refractivity contribution in [1.82, 2.24) is 0 Å². The van der Waals surface area contributed by atoms with Crippen molar-refractivity contribution in [2.45, 2.75) is 31.3 Å². The molecule has 16 heavy (non-hydrogen) atoms. The third kappa shape index (κ3) is 3.16. The van der Waals surface area contributed by atoms with Crippen LogP contribution >= 0.6 is 0 Å². The fourth-order valence-electron chi connectivity index (χ4n) is 1.73. The average molecular weight is 212 g/mol. The van der Waals surface area contributed by atoms with Gasteiger partial charge in [-0.3, -0.25) is 0 Å². The molecule has 0 amide bonds. The first-order chi connectivity index (χ1) is 7.73. The van der Waals surface area contributed by atoms with Gasteiger partial charge in [-0.05, 0) is 18.4 Å². The molecule has 0 spiro atoms. The lowest BCUT2D eigenvalue weighted by Crippen LogP contribution is -2.25. The van der Waals surface area contributed by atoms with E-state index in [1.165, 1.54) is 0 Å². The summed E-state index contributed by atoms with van der Waals surface area (Å²) in [6.45, 7) is 0. The van der Waals surface area contributed by atoms with Crippen molar-refractivity contribution in [1.29, 1.82) is 0 Å². The van der Waals surface area contributed by atoms with Gasteiger partial charge >= 0.3 is 0 Å². The van der Waals surface area contributed by atoms with Crippen molar-refractivity contribution in [3.05, 3.63) is 35.9 Å². The number of terminal acetylenes is 2. The molecule has 0 radical (unpaired) electrons. The second-order valence-electron chi connectivity index (χ2n) is 3.84. The van der Waals surface area contributed by atoms with Gasteiger partial charge < -0.3 is 5.11 Å². The standard InChI is InChI=1S/C15H16O/c1-3-5-9-13-15(16,12-4-2)14-10-7-6-8-11-14/h1-2,6-8,10-11,16H,5,9,12-13H2. The lowest BCUT2D eigenvalue weighted by atomic mass is 9.86. The fraction of sp³-hybridized carbons (Fsp3) is 0.333. The average Bonchev–Trinajstić information content (AvgIpc) is 2.31. The highest BCUT2D eigenvalue weighted by molar-refractivity contribution is 5.24. The Balaban J connectivity index is 2.81. The van der Waals surface area contributed by atoms with E-state index in [0.29, 0.717) is 19.3 Å². The van der Waals surface area contributed by atoms with Gasteiger partial charge in [-0.25, -0.2) is 0 Å². The maximum atomic E-state index is 10.5. The van der Waals surface area contributed by atoms with E-state index in [2.05, 4.69) is 11.8 Å². The number of benzene rings is 1. The molecule has 0 fully saturated rings. The van der Waals surface area contributed by atoms with Crippen LogP contribution in [-0.4, -0.2) is 5.11 Å².